The lowest BCUT2D eigenvalue weighted by Crippen LogP contribution is -2.40. The molecule has 1 aromatic rings. The maximum Gasteiger partial charge on any atom is 0.178 e. The molecule has 1 fully saturated rings. The van der Waals surface area contributed by atoms with Gasteiger partial charge in [-0.3, -0.25) is 9.69 Å². The van der Waals surface area contributed by atoms with Crippen molar-refractivity contribution in [1.29, 1.82) is 0 Å². The fourth-order valence-corrected chi connectivity index (χ4v) is 6.09. The average molecular weight is 413 g/mol. The smallest absolute Gasteiger partial charge is 0.178 e. The second-order valence-corrected chi connectivity index (χ2v) is 9.45. The topological polar surface area (TPSA) is 20.3 Å². The number of thioether (sulfide) groups is 1. The van der Waals surface area contributed by atoms with Crippen LogP contribution in [0.5, 0.6) is 0 Å². The molecule has 1 aromatic heterocycles. The van der Waals surface area contributed by atoms with Crippen LogP contribution in [0.1, 0.15) is 23.7 Å². The van der Waals surface area contributed by atoms with Gasteiger partial charge in [-0.05, 0) is 44.3 Å². The van der Waals surface area contributed by atoms with Gasteiger partial charge in [0.15, 0.2) is 5.78 Å². The zero-order valence-corrected chi connectivity index (χ0v) is 14.9. The number of rotatable bonds is 4. The molecule has 0 aliphatic carbocycles. The van der Waals surface area contributed by atoms with E-state index >= 15 is 0 Å². The van der Waals surface area contributed by atoms with Crippen LogP contribution in [0.2, 0.25) is 0 Å². The zero-order valence-electron chi connectivity index (χ0n) is 10.1. The molecule has 1 aliphatic heterocycles. The van der Waals surface area contributed by atoms with Gasteiger partial charge in [0.2, 0.25) is 0 Å². The van der Waals surface area contributed by atoms with Gasteiger partial charge in [-0.1, -0.05) is 6.92 Å². The second kappa shape index (κ2) is 6.88. The lowest BCUT2D eigenvalue weighted by molar-refractivity contribution is 0.0932. The van der Waals surface area contributed by atoms with Crippen molar-refractivity contribution in [2.75, 3.05) is 25.4 Å². The summed E-state index contributed by atoms with van der Waals surface area (Å²) in [6, 6.07) is 1.91. The number of carbonyl (C=O) groups is 1. The minimum Gasteiger partial charge on any atom is -0.294 e. The first-order valence-corrected chi connectivity index (χ1v) is 9.37. The molecule has 0 radical (unpaired) electrons. The van der Waals surface area contributed by atoms with E-state index in [2.05, 4.69) is 43.7 Å². The molecular formula is C12H15Br2NOS2. The Balaban J connectivity index is 1.97. The number of thiophene rings is 1. The SMILES string of the molecule is CCC1CN(CC(=O)c2cc(Br)sc2Br)CCS1. The van der Waals surface area contributed by atoms with E-state index in [9.17, 15) is 4.79 Å². The van der Waals surface area contributed by atoms with Gasteiger partial charge in [0, 0.05) is 29.7 Å². The van der Waals surface area contributed by atoms with Crippen molar-refractivity contribution in [1.82, 2.24) is 4.90 Å². The van der Waals surface area contributed by atoms with Crippen molar-refractivity contribution in [3.8, 4) is 0 Å². The van der Waals surface area contributed by atoms with Gasteiger partial charge in [0.1, 0.15) is 0 Å². The molecule has 0 bridgehead atoms. The van der Waals surface area contributed by atoms with Gasteiger partial charge < -0.3 is 0 Å². The molecule has 18 heavy (non-hydrogen) atoms. The van der Waals surface area contributed by atoms with E-state index in [-0.39, 0.29) is 5.78 Å². The highest BCUT2D eigenvalue weighted by atomic mass is 79.9. The summed E-state index contributed by atoms with van der Waals surface area (Å²) in [7, 11) is 0. The van der Waals surface area contributed by atoms with E-state index in [1.165, 1.54) is 6.42 Å². The number of Topliss-reactive ketones (excluding diaryl/α,β-unsaturated/α-hetero) is 1. The molecule has 2 heterocycles. The Morgan fingerprint density at radius 2 is 2.33 bits per heavy atom. The first kappa shape index (κ1) is 15.0. The molecule has 1 atom stereocenters. The predicted molar refractivity (Wildman–Crippen MR) is 87.0 cm³/mol. The third-order valence-corrected chi connectivity index (χ3v) is 6.71. The number of hydrogen-bond acceptors (Lipinski definition) is 4. The molecule has 0 aromatic carbocycles. The fraction of sp³-hybridized carbons (Fsp3) is 0.583. The summed E-state index contributed by atoms with van der Waals surface area (Å²) in [6.07, 6.45) is 1.18. The largest absolute Gasteiger partial charge is 0.294 e. The number of nitrogens with zero attached hydrogens (tertiary/aromatic N) is 1. The summed E-state index contributed by atoms with van der Waals surface area (Å²) in [5, 5.41) is 0.684. The van der Waals surface area contributed by atoms with E-state index in [1.807, 2.05) is 17.8 Å². The lowest BCUT2D eigenvalue weighted by atomic mass is 10.2. The predicted octanol–water partition coefficient (Wildman–Crippen LogP) is 4.28. The molecule has 0 amide bonds. The first-order valence-electron chi connectivity index (χ1n) is 5.92. The Kier molecular flexibility index (Phi) is 5.75. The normalized spacial score (nSPS) is 21.2. The van der Waals surface area contributed by atoms with Crippen LogP contribution >= 0.6 is 55.0 Å². The van der Waals surface area contributed by atoms with E-state index in [1.54, 1.807) is 11.3 Å². The summed E-state index contributed by atoms with van der Waals surface area (Å²) >= 11 is 10.5. The highest BCUT2D eigenvalue weighted by Gasteiger charge is 2.22. The van der Waals surface area contributed by atoms with E-state index in [0.717, 1.165) is 32.0 Å². The van der Waals surface area contributed by atoms with Gasteiger partial charge in [0.25, 0.3) is 0 Å². The van der Waals surface area contributed by atoms with Crippen LogP contribution in [0.4, 0.5) is 0 Å². The number of halogens is 2. The van der Waals surface area contributed by atoms with Gasteiger partial charge in [0.05, 0.1) is 14.1 Å². The van der Waals surface area contributed by atoms with Crippen LogP contribution in [-0.4, -0.2) is 41.3 Å². The Labute approximate surface area is 133 Å². The number of carbonyl (C=O) groups excluding carboxylic acids is 1. The van der Waals surface area contributed by atoms with Crippen molar-refractivity contribution < 1.29 is 4.79 Å². The summed E-state index contributed by atoms with van der Waals surface area (Å²) < 4.78 is 1.93. The third kappa shape index (κ3) is 3.82. The maximum absolute atomic E-state index is 12.2. The van der Waals surface area contributed by atoms with Gasteiger partial charge in [-0.25, -0.2) is 0 Å². The van der Waals surface area contributed by atoms with Crippen LogP contribution in [0.25, 0.3) is 0 Å². The van der Waals surface area contributed by atoms with Crippen molar-refractivity contribution in [2.45, 2.75) is 18.6 Å². The second-order valence-electron chi connectivity index (χ2n) is 4.30. The summed E-state index contributed by atoms with van der Waals surface area (Å²) in [6.45, 7) is 4.82. The van der Waals surface area contributed by atoms with Gasteiger partial charge in [-0.15, -0.1) is 11.3 Å². The quantitative estimate of drug-likeness (QED) is 0.688. The average Bonchev–Trinajstić information content (AvgIpc) is 2.69. The van der Waals surface area contributed by atoms with E-state index < -0.39 is 0 Å². The van der Waals surface area contributed by atoms with E-state index in [0.29, 0.717) is 11.8 Å². The van der Waals surface area contributed by atoms with Gasteiger partial charge in [-0.2, -0.15) is 11.8 Å². The Hall–Kier alpha value is 0.640. The molecule has 2 nitrogen and oxygen atoms in total. The van der Waals surface area contributed by atoms with Crippen LogP contribution < -0.4 is 0 Å². The van der Waals surface area contributed by atoms with Crippen molar-refractivity contribution in [2.24, 2.45) is 0 Å². The molecule has 1 unspecified atom stereocenters. The minimum absolute atomic E-state index is 0.213. The Morgan fingerprint density at radius 1 is 1.56 bits per heavy atom. The van der Waals surface area contributed by atoms with Crippen LogP contribution in [0.15, 0.2) is 13.6 Å². The molecule has 100 valence electrons. The van der Waals surface area contributed by atoms with Crippen LogP contribution in [0.3, 0.4) is 0 Å². The summed E-state index contributed by atoms with van der Waals surface area (Å²) in [5.41, 5.74) is 0.804. The van der Waals surface area contributed by atoms with Crippen molar-refractivity contribution in [3.05, 3.63) is 19.2 Å². The lowest BCUT2D eigenvalue weighted by Gasteiger charge is -2.31. The number of hydrogen-bond donors (Lipinski definition) is 0. The standard InChI is InChI=1S/C12H15Br2NOS2/c1-2-8-6-15(3-4-17-8)7-10(16)9-5-11(13)18-12(9)14/h5,8H,2-4,6-7H2,1H3. The third-order valence-electron chi connectivity index (χ3n) is 3.00. The van der Waals surface area contributed by atoms with Crippen LogP contribution in [0, 0.1) is 0 Å². The fourth-order valence-electron chi connectivity index (χ4n) is 1.99. The first-order chi connectivity index (χ1) is 8.60. The molecule has 0 spiro atoms. The Morgan fingerprint density at radius 3 is 2.94 bits per heavy atom. The summed E-state index contributed by atoms with van der Waals surface area (Å²) in [4.78, 5) is 14.5. The van der Waals surface area contributed by atoms with E-state index in [4.69, 9.17) is 0 Å². The molecular weight excluding hydrogens is 398 g/mol. The molecule has 0 N–H and O–H groups in total. The molecule has 1 aliphatic rings. The maximum atomic E-state index is 12.2. The Bertz CT molecular complexity index is 436. The summed E-state index contributed by atoms with van der Waals surface area (Å²) in [5.74, 6) is 1.35. The highest BCUT2D eigenvalue weighted by molar-refractivity contribution is 9.12. The zero-order chi connectivity index (χ0) is 13.1. The van der Waals surface area contributed by atoms with Crippen LogP contribution in [-0.2, 0) is 0 Å². The minimum atomic E-state index is 0.213. The molecule has 1 saturated heterocycles. The van der Waals surface area contributed by atoms with Crippen molar-refractivity contribution >= 4 is 60.7 Å². The molecule has 6 heteroatoms. The highest BCUT2D eigenvalue weighted by Crippen LogP contribution is 2.32. The molecule has 2 rings (SSSR count). The number of ketones is 1. The molecule has 0 saturated carbocycles. The van der Waals surface area contributed by atoms with Gasteiger partial charge >= 0.3 is 0 Å². The monoisotopic (exact) mass is 411 g/mol. The van der Waals surface area contributed by atoms with Crippen molar-refractivity contribution in [3.63, 3.8) is 0 Å².